The Morgan fingerprint density at radius 2 is 1.95 bits per heavy atom. The van der Waals surface area contributed by atoms with Crippen molar-refractivity contribution in [1.82, 2.24) is 5.32 Å². The van der Waals surface area contributed by atoms with Crippen LogP contribution in [0.25, 0.3) is 0 Å². The maximum atomic E-state index is 6.03. The standard InChI is InChI=1S/C19H31NO/c1-5-20-18(19(21-4)11-6-7-12-19)17-10-8-9-16(14-17)13-15(2)3/h8-10,14-15,18,20H,5-7,11-13H2,1-4H3. The zero-order chi connectivity index (χ0) is 15.3. The number of methoxy groups -OCH3 is 1. The Morgan fingerprint density at radius 1 is 1.24 bits per heavy atom. The van der Waals surface area contributed by atoms with Gasteiger partial charge in [-0.1, -0.05) is 57.9 Å². The molecule has 118 valence electrons. The van der Waals surface area contributed by atoms with Crippen molar-refractivity contribution in [1.29, 1.82) is 0 Å². The first-order chi connectivity index (χ1) is 10.1. The van der Waals surface area contributed by atoms with Crippen LogP contribution in [0.2, 0.25) is 0 Å². The molecule has 1 aliphatic rings. The molecule has 0 heterocycles. The highest BCUT2D eigenvalue weighted by molar-refractivity contribution is 5.29. The predicted octanol–water partition coefficient (Wildman–Crippen LogP) is 4.49. The van der Waals surface area contributed by atoms with Gasteiger partial charge < -0.3 is 10.1 Å². The fraction of sp³-hybridized carbons (Fsp3) is 0.684. The second kappa shape index (κ2) is 7.42. The van der Waals surface area contributed by atoms with E-state index in [0.29, 0.717) is 12.0 Å². The van der Waals surface area contributed by atoms with Gasteiger partial charge in [-0.2, -0.15) is 0 Å². The average Bonchev–Trinajstić information content (AvgIpc) is 2.94. The van der Waals surface area contributed by atoms with Crippen molar-refractivity contribution in [3.8, 4) is 0 Å². The molecule has 0 amide bonds. The summed E-state index contributed by atoms with van der Waals surface area (Å²) in [5.74, 6) is 0.695. The first-order valence-electron chi connectivity index (χ1n) is 8.48. The van der Waals surface area contributed by atoms with E-state index < -0.39 is 0 Å². The van der Waals surface area contributed by atoms with Crippen molar-refractivity contribution in [2.24, 2.45) is 5.92 Å². The number of hydrogen-bond donors (Lipinski definition) is 1. The molecule has 2 rings (SSSR count). The number of benzene rings is 1. The minimum absolute atomic E-state index is 0.0214. The molecule has 1 fully saturated rings. The summed E-state index contributed by atoms with van der Waals surface area (Å²) in [6.07, 6.45) is 6.03. The zero-order valence-electron chi connectivity index (χ0n) is 14.1. The molecule has 2 heteroatoms. The molecule has 0 radical (unpaired) electrons. The lowest BCUT2D eigenvalue weighted by Crippen LogP contribution is -2.43. The summed E-state index contributed by atoms with van der Waals surface area (Å²) in [6, 6.07) is 9.40. The van der Waals surface area contributed by atoms with E-state index in [0.717, 1.165) is 25.8 Å². The van der Waals surface area contributed by atoms with Crippen LogP contribution in [-0.2, 0) is 11.2 Å². The molecule has 1 aromatic rings. The molecule has 0 spiro atoms. The molecule has 1 saturated carbocycles. The monoisotopic (exact) mass is 289 g/mol. The van der Waals surface area contributed by atoms with E-state index in [-0.39, 0.29) is 5.60 Å². The van der Waals surface area contributed by atoms with Gasteiger partial charge in [-0.3, -0.25) is 0 Å². The van der Waals surface area contributed by atoms with Crippen LogP contribution in [0.3, 0.4) is 0 Å². The van der Waals surface area contributed by atoms with Crippen LogP contribution in [-0.4, -0.2) is 19.3 Å². The molecular formula is C19H31NO. The van der Waals surface area contributed by atoms with Crippen LogP contribution < -0.4 is 5.32 Å². The molecule has 2 nitrogen and oxygen atoms in total. The van der Waals surface area contributed by atoms with Crippen molar-refractivity contribution in [2.45, 2.75) is 64.5 Å². The van der Waals surface area contributed by atoms with Crippen molar-refractivity contribution in [3.05, 3.63) is 35.4 Å². The maximum absolute atomic E-state index is 6.03. The van der Waals surface area contributed by atoms with Crippen LogP contribution in [0.15, 0.2) is 24.3 Å². The lowest BCUT2D eigenvalue weighted by atomic mass is 9.85. The minimum Gasteiger partial charge on any atom is -0.376 e. The number of ether oxygens (including phenoxy) is 1. The van der Waals surface area contributed by atoms with E-state index in [4.69, 9.17) is 4.74 Å². The number of nitrogens with one attached hydrogen (secondary N) is 1. The Hall–Kier alpha value is -0.860. The Bertz CT molecular complexity index is 435. The number of hydrogen-bond acceptors (Lipinski definition) is 2. The van der Waals surface area contributed by atoms with Crippen LogP contribution in [0.1, 0.15) is 63.6 Å². The fourth-order valence-corrected chi connectivity index (χ4v) is 3.77. The Balaban J connectivity index is 2.29. The van der Waals surface area contributed by atoms with E-state index >= 15 is 0 Å². The van der Waals surface area contributed by atoms with Crippen LogP contribution in [0.5, 0.6) is 0 Å². The Morgan fingerprint density at radius 3 is 2.52 bits per heavy atom. The van der Waals surface area contributed by atoms with E-state index in [1.165, 1.54) is 24.0 Å². The highest BCUT2D eigenvalue weighted by Gasteiger charge is 2.42. The second-order valence-corrected chi connectivity index (χ2v) is 6.81. The summed E-state index contributed by atoms with van der Waals surface area (Å²) < 4.78 is 6.03. The summed E-state index contributed by atoms with van der Waals surface area (Å²) >= 11 is 0. The molecule has 0 aromatic heterocycles. The fourth-order valence-electron chi connectivity index (χ4n) is 3.77. The van der Waals surface area contributed by atoms with Crippen LogP contribution >= 0.6 is 0 Å². The number of likely N-dealkylation sites (N-methyl/N-ethyl adjacent to an activating group) is 1. The number of rotatable bonds is 7. The summed E-state index contributed by atoms with van der Waals surface area (Å²) in [5, 5.41) is 3.69. The zero-order valence-corrected chi connectivity index (χ0v) is 14.1. The molecule has 1 atom stereocenters. The summed E-state index contributed by atoms with van der Waals surface area (Å²) in [6.45, 7) is 7.72. The largest absolute Gasteiger partial charge is 0.376 e. The molecule has 1 unspecified atom stereocenters. The van der Waals surface area contributed by atoms with Crippen molar-refractivity contribution in [3.63, 3.8) is 0 Å². The third-order valence-corrected chi connectivity index (χ3v) is 4.72. The Labute approximate surface area is 130 Å². The second-order valence-electron chi connectivity index (χ2n) is 6.81. The third kappa shape index (κ3) is 3.87. The topological polar surface area (TPSA) is 21.3 Å². The predicted molar refractivity (Wildman–Crippen MR) is 89.6 cm³/mol. The first kappa shape index (κ1) is 16.5. The van der Waals surface area contributed by atoms with Gasteiger partial charge in [0.25, 0.3) is 0 Å². The third-order valence-electron chi connectivity index (χ3n) is 4.72. The highest BCUT2D eigenvalue weighted by atomic mass is 16.5. The smallest absolute Gasteiger partial charge is 0.0872 e. The summed E-state index contributed by atoms with van der Waals surface area (Å²) in [4.78, 5) is 0. The summed E-state index contributed by atoms with van der Waals surface area (Å²) in [5.41, 5.74) is 2.81. The average molecular weight is 289 g/mol. The van der Waals surface area contributed by atoms with Crippen molar-refractivity contribution >= 4 is 0 Å². The Kier molecular flexibility index (Phi) is 5.83. The lowest BCUT2D eigenvalue weighted by Gasteiger charge is -2.37. The molecule has 0 aliphatic heterocycles. The van der Waals surface area contributed by atoms with Gasteiger partial charge in [0, 0.05) is 7.11 Å². The van der Waals surface area contributed by atoms with E-state index in [9.17, 15) is 0 Å². The summed E-state index contributed by atoms with van der Waals surface area (Å²) in [7, 11) is 1.88. The van der Waals surface area contributed by atoms with Crippen LogP contribution in [0.4, 0.5) is 0 Å². The SMILES string of the molecule is CCNC(c1cccc(CC(C)C)c1)C1(OC)CCCC1. The molecule has 1 N–H and O–H groups in total. The van der Waals surface area contributed by atoms with Gasteiger partial charge in [0.2, 0.25) is 0 Å². The quantitative estimate of drug-likeness (QED) is 0.798. The van der Waals surface area contributed by atoms with E-state index in [2.05, 4.69) is 50.4 Å². The van der Waals surface area contributed by atoms with Gasteiger partial charge in [-0.05, 0) is 42.9 Å². The van der Waals surface area contributed by atoms with Gasteiger partial charge in [0.1, 0.15) is 0 Å². The van der Waals surface area contributed by atoms with Gasteiger partial charge in [-0.15, -0.1) is 0 Å². The maximum Gasteiger partial charge on any atom is 0.0872 e. The van der Waals surface area contributed by atoms with E-state index in [1.54, 1.807) is 0 Å². The van der Waals surface area contributed by atoms with Gasteiger partial charge in [-0.25, -0.2) is 0 Å². The molecule has 0 bridgehead atoms. The molecule has 1 aliphatic carbocycles. The molecular weight excluding hydrogens is 258 g/mol. The van der Waals surface area contributed by atoms with Gasteiger partial charge in [0.15, 0.2) is 0 Å². The molecule has 21 heavy (non-hydrogen) atoms. The van der Waals surface area contributed by atoms with Crippen molar-refractivity contribution in [2.75, 3.05) is 13.7 Å². The van der Waals surface area contributed by atoms with Gasteiger partial charge in [0.05, 0.1) is 11.6 Å². The molecule has 1 aromatic carbocycles. The normalized spacial score (nSPS) is 19.1. The highest BCUT2D eigenvalue weighted by Crippen LogP contribution is 2.42. The lowest BCUT2D eigenvalue weighted by molar-refractivity contribution is -0.0364. The van der Waals surface area contributed by atoms with E-state index in [1.807, 2.05) is 7.11 Å². The minimum atomic E-state index is -0.0214. The molecule has 0 saturated heterocycles. The van der Waals surface area contributed by atoms with Gasteiger partial charge >= 0.3 is 0 Å². The van der Waals surface area contributed by atoms with Crippen LogP contribution in [0, 0.1) is 5.92 Å². The van der Waals surface area contributed by atoms with Crippen molar-refractivity contribution < 1.29 is 4.74 Å². The first-order valence-corrected chi connectivity index (χ1v) is 8.48.